The van der Waals surface area contributed by atoms with Crippen LogP contribution in [0.15, 0.2) is 0 Å². The molecule has 0 amide bonds. The highest BCUT2D eigenvalue weighted by Crippen LogP contribution is 2.28. The van der Waals surface area contributed by atoms with Gasteiger partial charge >= 0.3 is 0 Å². The highest BCUT2D eigenvalue weighted by atomic mass is 35.5. The molecule has 0 spiro atoms. The van der Waals surface area contributed by atoms with Crippen LogP contribution in [0.2, 0.25) is 5.28 Å². The van der Waals surface area contributed by atoms with E-state index in [1.165, 1.54) is 0 Å². The summed E-state index contributed by atoms with van der Waals surface area (Å²) in [5.74, 6) is 1.58. The van der Waals surface area contributed by atoms with Gasteiger partial charge in [-0.05, 0) is 36.8 Å². The van der Waals surface area contributed by atoms with Crippen LogP contribution in [0.5, 0.6) is 0 Å². The Morgan fingerprint density at radius 1 is 1.37 bits per heavy atom. The van der Waals surface area contributed by atoms with Gasteiger partial charge in [0.1, 0.15) is 0 Å². The Hall–Kier alpha value is -1.14. The number of nitrogens with one attached hydrogen (secondary N) is 1. The van der Waals surface area contributed by atoms with Crippen LogP contribution >= 0.6 is 11.6 Å². The largest absolute Gasteiger partial charge is 0.393 e. The van der Waals surface area contributed by atoms with Crippen molar-refractivity contribution < 1.29 is 5.11 Å². The molecule has 0 radical (unpaired) electrons. The standard InChI is InChI=1S/C12H20ClN5O/c1-3-4-14-11-15-10(13)16-12(17-11)18(2)7-8-5-9(19)6-8/h8-9,19H,3-7H2,1-2H3,(H,14,15,16,17). The minimum Gasteiger partial charge on any atom is -0.393 e. The zero-order valence-electron chi connectivity index (χ0n) is 11.3. The summed E-state index contributed by atoms with van der Waals surface area (Å²) in [5.41, 5.74) is 0. The Morgan fingerprint density at radius 2 is 2.11 bits per heavy atom. The normalized spacial score (nSPS) is 21.9. The first-order valence-electron chi connectivity index (χ1n) is 6.63. The molecule has 0 aliphatic heterocycles. The summed E-state index contributed by atoms with van der Waals surface area (Å²) in [4.78, 5) is 14.5. The third kappa shape index (κ3) is 3.91. The van der Waals surface area contributed by atoms with E-state index in [-0.39, 0.29) is 11.4 Å². The maximum atomic E-state index is 9.30. The molecule has 1 saturated carbocycles. The third-order valence-electron chi connectivity index (χ3n) is 3.21. The first kappa shape index (κ1) is 14.3. The van der Waals surface area contributed by atoms with Gasteiger partial charge in [-0.2, -0.15) is 15.0 Å². The molecule has 0 bridgehead atoms. The smallest absolute Gasteiger partial charge is 0.231 e. The summed E-state index contributed by atoms with van der Waals surface area (Å²) in [7, 11) is 1.93. The molecule has 1 aromatic rings. The van der Waals surface area contributed by atoms with Gasteiger partial charge in [-0.25, -0.2) is 0 Å². The summed E-state index contributed by atoms with van der Waals surface area (Å²) in [6.07, 6.45) is 2.56. The van der Waals surface area contributed by atoms with Crippen molar-refractivity contribution in [2.24, 2.45) is 5.92 Å². The van der Waals surface area contributed by atoms with Gasteiger partial charge in [-0.1, -0.05) is 6.92 Å². The molecule has 0 unspecified atom stereocenters. The molecular weight excluding hydrogens is 266 g/mol. The van der Waals surface area contributed by atoms with Crippen molar-refractivity contribution in [3.63, 3.8) is 0 Å². The lowest BCUT2D eigenvalue weighted by Crippen LogP contribution is -2.37. The molecule has 1 heterocycles. The lowest BCUT2D eigenvalue weighted by atomic mass is 9.82. The predicted octanol–water partition coefficient (Wildman–Crippen LogP) is 1.55. The zero-order valence-corrected chi connectivity index (χ0v) is 12.1. The summed E-state index contributed by atoms with van der Waals surface area (Å²) < 4.78 is 0. The molecule has 106 valence electrons. The van der Waals surface area contributed by atoms with Crippen molar-refractivity contribution in [3.05, 3.63) is 5.28 Å². The Balaban J connectivity index is 1.99. The van der Waals surface area contributed by atoms with Crippen molar-refractivity contribution in [1.82, 2.24) is 15.0 Å². The first-order valence-corrected chi connectivity index (χ1v) is 7.01. The number of hydrogen-bond donors (Lipinski definition) is 2. The number of hydrogen-bond acceptors (Lipinski definition) is 6. The van der Waals surface area contributed by atoms with Gasteiger partial charge in [-0.3, -0.25) is 0 Å². The van der Waals surface area contributed by atoms with E-state index in [1.54, 1.807) is 0 Å². The van der Waals surface area contributed by atoms with Gasteiger partial charge in [0.05, 0.1) is 6.10 Å². The van der Waals surface area contributed by atoms with Crippen LogP contribution in [0, 0.1) is 5.92 Å². The molecule has 6 nitrogen and oxygen atoms in total. The zero-order chi connectivity index (χ0) is 13.8. The van der Waals surface area contributed by atoms with E-state index in [1.807, 2.05) is 11.9 Å². The molecule has 0 aromatic carbocycles. The number of halogens is 1. The van der Waals surface area contributed by atoms with E-state index in [2.05, 4.69) is 27.2 Å². The number of rotatable bonds is 6. The van der Waals surface area contributed by atoms with E-state index in [4.69, 9.17) is 11.6 Å². The minimum atomic E-state index is -0.137. The van der Waals surface area contributed by atoms with Gasteiger partial charge in [0.25, 0.3) is 0 Å². The van der Waals surface area contributed by atoms with Gasteiger partial charge < -0.3 is 15.3 Å². The lowest BCUT2D eigenvalue weighted by Gasteiger charge is -2.34. The second-order valence-corrected chi connectivity index (χ2v) is 5.36. The quantitative estimate of drug-likeness (QED) is 0.826. The number of aromatic nitrogens is 3. The van der Waals surface area contributed by atoms with Crippen LogP contribution in [-0.4, -0.2) is 46.3 Å². The van der Waals surface area contributed by atoms with Crippen molar-refractivity contribution in [2.45, 2.75) is 32.3 Å². The molecule has 2 N–H and O–H groups in total. The molecule has 0 saturated heterocycles. The Morgan fingerprint density at radius 3 is 2.74 bits per heavy atom. The van der Waals surface area contributed by atoms with Crippen LogP contribution < -0.4 is 10.2 Å². The van der Waals surface area contributed by atoms with Gasteiger partial charge in [0, 0.05) is 20.1 Å². The average molecular weight is 286 g/mol. The van der Waals surface area contributed by atoms with Crippen LogP contribution in [0.1, 0.15) is 26.2 Å². The molecule has 1 aliphatic carbocycles. The molecule has 1 fully saturated rings. The molecule has 1 aromatic heterocycles. The molecule has 2 rings (SSSR count). The number of aliphatic hydroxyl groups is 1. The van der Waals surface area contributed by atoms with Crippen LogP contribution in [-0.2, 0) is 0 Å². The van der Waals surface area contributed by atoms with E-state index in [9.17, 15) is 5.11 Å². The van der Waals surface area contributed by atoms with Crippen LogP contribution in [0.25, 0.3) is 0 Å². The van der Waals surface area contributed by atoms with Crippen molar-refractivity contribution in [3.8, 4) is 0 Å². The fourth-order valence-electron chi connectivity index (χ4n) is 2.14. The van der Waals surface area contributed by atoms with Crippen molar-refractivity contribution in [1.29, 1.82) is 0 Å². The number of anilines is 2. The van der Waals surface area contributed by atoms with Crippen LogP contribution in [0.3, 0.4) is 0 Å². The fraction of sp³-hybridized carbons (Fsp3) is 0.750. The Labute approximate surface area is 118 Å². The van der Waals surface area contributed by atoms with Crippen molar-refractivity contribution >= 4 is 23.5 Å². The van der Waals surface area contributed by atoms with Crippen LogP contribution in [0.4, 0.5) is 11.9 Å². The van der Waals surface area contributed by atoms with Gasteiger partial charge in [-0.15, -0.1) is 0 Å². The van der Waals surface area contributed by atoms with E-state index in [0.717, 1.165) is 32.4 Å². The van der Waals surface area contributed by atoms with E-state index in [0.29, 0.717) is 17.8 Å². The molecular formula is C12H20ClN5O. The van der Waals surface area contributed by atoms with Gasteiger partial charge in [0.15, 0.2) is 0 Å². The summed E-state index contributed by atoms with van der Waals surface area (Å²) in [5, 5.41) is 12.6. The van der Waals surface area contributed by atoms with E-state index < -0.39 is 0 Å². The maximum absolute atomic E-state index is 9.30. The molecule has 0 atom stereocenters. The summed E-state index contributed by atoms with van der Waals surface area (Å²) in [6.45, 7) is 3.70. The van der Waals surface area contributed by atoms with Crippen molar-refractivity contribution in [2.75, 3.05) is 30.4 Å². The summed E-state index contributed by atoms with van der Waals surface area (Å²) >= 11 is 5.91. The average Bonchev–Trinajstić information content (AvgIpc) is 2.33. The highest BCUT2D eigenvalue weighted by molar-refractivity contribution is 6.28. The summed E-state index contributed by atoms with van der Waals surface area (Å²) in [6, 6.07) is 0. The molecule has 1 aliphatic rings. The molecule has 7 heteroatoms. The third-order valence-corrected chi connectivity index (χ3v) is 3.38. The molecule has 19 heavy (non-hydrogen) atoms. The minimum absolute atomic E-state index is 0.137. The number of aliphatic hydroxyl groups excluding tert-OH is 1. The second kappa shape index (κ2) is 6.34. The Bertz CT molecular complexity index is 425. The number of nitrogens with zero attached hydrogens (tertiary/aromatic N) is 4. The fourth-order valence-corrected chi connectivity index (χ4v) is 2.30. The second-order valence-electron chi connectivity index (χ2n) is 5.03. The predicted molar refractivity (Wildman–Crippen MR) is 75.6 cm³/mol. The lowest BCUT2D eigenvalue weighted by molar-refractivity contribution is 0.0463. The highest BCUT2D eigenvalue weighted by Gasteiger charge is 2.28. The SMILES string of the molecule is CCCNc1nc(Cl)nc(N(C)CC2CC(O)C2)n1. The maximum Gasteiger partial charge on any atom is 0.231 e. The Kier molecular flexibility index (Phi) is 4.76. The first-order chi connectivity index (χ1) is 9.08. The van der Waals surface area contributed by atoms with Gasteiger partial charge in [0.2, 0.25) is 17.2 Å². The topological polar surface area (TPSA) is 74.2 Å². The van der Waals surface area contributed by atoms with E-state index >= 15 is 0 Å². The monoisotopic (exact) mass is 285 g/mol.